The molecule has 1 aliphatic carbocycles. The lowest BCUT2D eigenvalue weighted by atomic mass is 9.86. The molecule has 0 atom stereocenters. The number of hydrogen-bond donors (Lipinski definition) is 1. The fourth-order valence-electron chi connectivity index (χ4n) is 5.01. The van der Waals surface area contributed by atoms with Gasteiger partial charge in [-0.1, -0.05) is 29.8 Å². The van der Waals surface area contributed by atoms with Crippen molar-refractivity contribution in [1.82, 2.24) is 15.1 Å². The van der Waals surface area contributed by atoms with Crippen molar-refractivity contribution < 1.29 is 18.4 Å². The number of rotatable bonds is 5. The molecule has 1 aromatic rings. The molecule has 1 N–H and O–H groups in total. The highest BCUT2D eigenvalue weighted by Crippen LogP contribution is 2.37. The van der Waals surface area contributed by atoms with Gasteiger partial charge in [-0.2, -0.15) is 0 Å². The predicted molar refractivity (Wildman–Crippen MR) is 115 cm³/mol. The second kappa shape index (κ2) is 9.41. The normalized spacial score (nSPS) is 23.4. The van der Waals surface area contributed by atoms with Crippen LogP contribution in [0.15, 0.2) is 24.3 Å². The molecule has 0 spiro atoms. The van der Waals surface area contributed by atoms with Crippen molar-refractivity contribution in [2.24, 2.45) is 5.92 Å². The molecule has 1 aromatic carbocycles. The van der Waals surface area contributed by atoms with E-state index >= 15 is 0 Å². The quantitative estimate of drug-likeness (QED) is 0.742. The highest BCUT2D eigenvalue weighted by Gasteiger charge is 2.46. The Morgan fingerprint density at radius 2 is 1.68 bits per heavy atom. The number of piperidine rings is 2. The first kappa shape index (κ1) is 22.5. The van der Waals surface area contributed by atoms with Crippen LogP contribution in [0.4, 0.5) is 8.78 Å². The Hall–Kier alpha value is -1.73. The fourth-order valence-corrected chi connectivity index (χ4v) is 5.21. The number of alkyl halides is 2. The second-order valence-electron chi connectivity index (χ2n) is 9.16. The molecule has 2 aliphatic heterocycles. The number of carbonyl (C=O) groups excluding carboxylic acids is 2. The first-order chi connectivity index (χ1) is 14.8. The number of carbonyl (C=O) groups is 2. The van der Waals surface area contributed by atoms with E-state index in [0.717, 1.165) is 57.4 Å². The largest absolute Gasteiger partial charge is 0.353 e. The highest BCUT2D eigenvalue weighted by molar-refractivity contribution is 6.31. The first-order valence-corrected chi connectivity index (χ1v) is 11.6. The van der Waals surface area contributed by atoms with E-state index in [1.54, 1.807) is 0 Å². The average molecular weight is 454 g/mol. The molecule has 3 fully saturated rings. The van der Waals surface area contributed by atoms with E-state index in [9.17, 15) is 18.4 Å². The van der Waals surface area contributed by atoms with Gasteiger partial charge >= 0.3 is 0 Å². The third-order valence-electron chi connectivity index (χ3n) is 6.97. The molecule has 0 aromatic heterocycles. The van der Waals surface area contributed by atoms with Gasteiger partial charge < -0.3 is 15.1 Å². The van der Waals surface area contributed by atoms with Crippen molar-refractivity contribution in [2.75, 3.05) is 26.2 Å². The molecule has 4 rings (SSSR count). The van der Waals surface area contributed by atoms with Crippen LogP contribution in [0.5, 0.6) is 0 Å². The van der Waals surface area contributed by atoms with Crippen molar-refractivity contribution >= 4 is 23.4 Å². The van der Waals surface area contributed by atoms with Gasteiger partial charge in [-0.25, -0.2) is 8.78 Å². The van der Waals surface area contributed by atoms with Gasteiger partial charge in [-0.3, -0.25) is 9.59 Å². The monoisotopic (exact) mass is 453 g/mol. The molecule has 8 heteroatoms. The number of nitrogens with one attached hydrogen (secondary N) is 1. The van der Waals surface area contributed by atoms with E-state index in [4.69, 9.17) is 11.6 Å². The SMILES string of the molecule is O=C(NC1CC(F)(F)C1)C1CCN(C2CCN(C(=O)Cc3ccccc3Cl)CC2)CC1. The molecule has 5 nitrogen and oxygen atoms in total. The Labute approximate surface area is 187 Å². The summed E-state index contributed by atoms with van der Waals surface area (Å²) in [5.74, 6) is -2.64. The van der Waals surface area contributed by atoms with E-state index in [0.29, 0.717) is 17.5 Å². The van der Waals surface area contributed by atoms with Gasteiger partial charge in [0.25, 0.3) is 5.92 Å². The maximum Gasteiger partial charge on any atom is 0.252 e. The smallest absolute Gasteiger partial charge is 0.252 e. The summed E-state index contributed by atoms with van der Waals surface area (Å²) in [6.07, 6.45) is 3.26. The summed E-state index contributed by atoms with van der Waals surface area (Å²) in [5.41, 5.74) is 0.863. The van der Waals surface area contributed by atoms with Crippen LogP contribution >= 0.6 is 11.6 Å². The molecule has 170 valence electrons. The summed E-state index contributed by atoms with van der Waals surface area (Å²) >= 11 is 6.18. The molecule has 0 unspecified atom stereocenters. The van der Waals surface area contributed by atoms with Gasteiger partial charge in [0, 0.05) is 49.0 Å². The summed E-state index contributed by atoms with van der Waals surface area (Å²) in [4.78, 5) is 29.4. The second-order valence-corrected chi connectivity index (χ2v) is 9.57. The highest BCUT2D eigenvalue weighted by atomic mass is 35.5. The van der Waals surface area contributed by atoms with Crippen LogP contribution in [0.1, 0.15) is 44.1 Å². The van der Waals surface area contributed by atoms with E-state index in [-0.39, 0.29) is 36.6 Å². The lowest BCUT2D eigenvalue weighted by Crippen LogP contribution is -2.54. The third-order valence-corrected chi connectivity index (χ3v) is 7.34. The molecular weight excluding hydrogens is 424 g/mol. The van der Waals surface area contributed by atoms with E-state index in [2.05, 4.69) is 10.2 Å². The lowest BCUT2D eigenvalue weighted by molar-refractivity contribution is -0.135. The molecule has 0 radical (unpaired) electrons. The minimum absolute atomic E-state index is 0.0693. The molecule has 3 aliphatic rings. The zero-order valence-electron chi connectivity index (χ0n) is 17.7. The zero-order valence-corrected chi connectivity index (χ0v) is 18.4. The van der Waals surface area contributed by atoms with Gasteiger partial charge in [-0.05, 0) is 50.4 Å². The zero-order chi connectivity index (χ0) is 22.0. The number of nitrogens with zero attached hydrogens (tertiary/aromatic N) is 2. The Morgan fingerprint density at radius 1 is 1.03 bits per heavy atom. The number of amides is 2. The minimum Gasteiger partial charge on any atom is -0.353 e. The number of likely N-dealkylation sites (tertiary alicyclic amines) is 2. The van der Waals surface area contributed by atoms with Crippen LogP contribution < -0.4 is 5.32 Å². The van der Waals surface area contributed by atoms with Crippen molar-refractivity contribution in [1.29, 1.82) is 0 Å². The first-order valence-electron chi connectivity index (χ1n) is 11.2. The van der Waals surface area contributed by atoms with E-state index in [1.807, 2.05) is 29.2 Å². The van der Waals surface area contributed by atoms with Gasteiger partial charge in [0.05, 0.1) is 6.42 Å². The third kappa shape index (κ3) is 5.55. The van der Waals surface area contributed by atoms with Crippen molar-refractivity contribution in [3.63, 3.8) is 0 Å². The van der Waals surface area contributed by atoms with Crippen molar-refractivity contribution in [3.05, 3.63) is 34.9 Å². The van der Waals surface area contributed by atoms with Gasteiger partial charge in [0.2, 0.25) is 11.8 Å². The summed E-state index contributed by atoms with van der Waals surface area (Å²) in [6, 6.07) is 7.52. The Morgan fingerprint density at radius 3 is 2.29 bits per heavy atom. The molecule has 2 heterocycles. The minimum atomic E-state index is -2.61. The maximum atomic E-state index is 13.0. The van der Waals surface area contributed by atoms with Crippen LogP contribution in [-0.2, 0) is 16.0 Å². The summed E-state index contributed by atoms with van der Waals surface area (Å²) in [7, 11) is 0. The fraction of sp³-hybridized carbons (Fsp3) is 0.652. The van der Waals surface area contributed by atoms with Crippen LogP contribution in [-0.4, -0.2) is 65.8 Å². The summed E-state index contributed by atoms with van der Waals surface area (Å²) < 4.78 is 25.9. The molecule has 31 heavy (non-hydrogen) atoms. The number of benzene rings is 1. The standard InChI is InChI=1S/C23H30ClF2N3O2/c24-20-4-2-1-3-17(20)13-21(30)29-11-7-19(8-12-29)28-9-5-16(6-10-28)22(31)27-18-14-23(25,26)15-18/h1-4,16,18-19H,5-15H2,(H,27,31). The summed E-state index contributed by atoms with van der Waals surface area (Å²) in [6.45, 7) is 3.17. The van der Waals surface area contributed by atoms with E-state index < -0.39 is 5.92 Å². The molecule has 2 saturated heterocycles. The van der Waals surface area contributed by atoms with Gasteiger partial charge in [0.15, 0.2) is 0 Å². The topological polar surface area (TPSA) is 52.7 Å². The van der Waals surface area contributed by atoms with Crippen LogP contribution in [0.2, 0.25) is 5.02 Å². The van der Waals surface area contributed by atoms with Gasteiger partial charge in [-0.15, -0.1) is 0 Å². The van der Waals surface area contributed by atoms with E-state index in [1.165, 1.54) is 0 Å². The lowest BCUT2D eigenvalue weighted by Gasteiger charge is -2.42. The Bertz CT molecular complexity index is 798. The average Bonchev–Trinajstić information content (AvgIpc) is 2.74. The van der Waals surface area contributed by atoms with Crippen molar-refractivity contribution in [3.8, 4) is 0 Å². The van der Waals surface area contributed by atoms with Crippen molar-refractivity contribution in [2.45, 2.75) is 63.0 Å². The maximum absolute atomic E-state index is 13.0. The van der Waals surface area contributed by atoms with Gasteiger partial charge in [0.1, 0.15) is 0 Å². The Kier molecular flexibility index (Phi) is 6.82. The number of hydrogen-bond acceptors (Lipinski definition) is 3. The molecular formula is C23H30ClF2N3O2. The van der Waals surface area contributed by atoms with Crippen LogP contribution in [0.3, 0.4) is 0 Å². The Balaban J connectivity index is 1.18. The summed E-state index contributed by atoms with van der Waals surface area (Å²) in [5, 5.41) is 3.42. The number of halogens is 3. The van der Waals surface area contributed by atoms with Crippen LogP contribution in [0, 0.1) is 5.92 Å². The van der Waals surface area contributed by atoms with Crippen LogP contribution in [0.25, 0.3) is 0 Å². The molecule has 2 amide bonds. The molecule has 0 bridgehead atoms. The predicted octanol–water partition coefficient (Wildman–Crippen LogP) is 3.50. The molecule has 1 saturated carbocycles.